The summed E-state index contributed by atoms with van der Waals surface area (Å²) in [4.78, 5) is 38.3. The van der Waals surface area contributed by atoms with Gasteiger partial charge in [0.1, 0.15) is 13.2 Å². The molecule has 0 saturated carbocycles. The Bertz CT molecular complexity index is 1320. The van der Waals surface area contributed by atoms with Crippen LogP contribution in [0.15, 0.2) is 72.9 Å². The van der Waals surface area contributed by atoms with E-state index in [2.05, 4.69) is 93.7 Å². The van der Waals surface area contributed by atoms with E-state index >= 15 is 0 Å². The molecule has 0 radical (unpaired) electrons. The number of hydrogen-bond donors (Lipinski definition) is 0. The van der Waals surface area contributed by atoms with Crippen LogP contribution in [0.3, 0.4) is 0 Å². The first-order valence-corrected chi connectivity index (χ1v) is 30.5. The highest BCUT2D eigenvalue weighted by molar-refractivity contribution is 5.71. The van der Waals surface area contributed by atoms with Gasteiger partial charge in [-0.1, -0.05) is 254 Å². The zero-order valence-corrected chi connectivity index (χ0v) is 47.0. The van der Waals surface area contributed by atoms with E-state index in [0.717, 1.165) is 96.3 Å². The lowest BCUT2D eigenvalue weighted by atomic mass is 10.1. The van der Waals surface area contributed by atoms with Crippen molar-refractivity contribution in [2.45, 2.75) is 309 Å². The van der Waals surface area contributed by atoms with Gasteiger partial charge in [0.2, 0.25) is 0 Å². The molecule has 0 bridgehead atoms. The molecule has 0 spiro atoms. The molecule has 6 nitrogen and oxygen atoms in total. The SMILES string of the molecule is CC/C=C\C/C=C\C/C=C\CCCCCCCCC(=O)OCC(COC(=O)CCCCCCCCCCCC/C=C\C=C/CCCCC)OC(=O)CCCCCCC/C=C\CCCCCCCCCCC. The first-order valence-electron chi connectivity index (χ1n) is 30.5. The zero-order valence-electron chi connectivity index (χ0n) is 47.0. The number of rotatable bonds is 55. The van der Waals surface area contributed by atoms with Crippen molar-refractivity contribution < 1.29 is 28.6 Å². The Morgan fingerprint density at radius 2 is 0.592 bits per heavy atom. The lowest BCUT2D eigenvalue weighted by molar-refractivity contribution is -0.167. The lowest BCUT2D eigenvalue weighted by Gasteiger charge is -2.18. The van der Waals surface area contributed by atoms with Crippen molar-refractivity contribution in [2.24, 2.45) is 0 Å². The summed E-state index contributed by atoms with van der Waals surface area (Å²) in [7, 11) is 0. The fourth-order valence-electron chi connectivity index (χ4n) is 8.62. The van der Waals surface area contributed by atoms with Gasteiger partial charge in [0.25, 0.3) is 0 Å². The maximum absolute atomic E-state index is 12.9. The van der Waals surface area contributed by atoms with Crippen LogP contribution in [0.5, 0.6) is 0 Å². The Kier molecular flexibility index (Phi) is 56.8. The maximum atomic E-state index is 12.9. The third-order valence-corrected chi connectivity index (χ3v) is 13.2. The molecule has 0 aromatic carbocycles. The third-order valence-electron chi connectivity index (χ3n) is 13.2. The van der Waals surface area contributed by atoms with E-state index in [4.69, 9.17) is 14.2 Å². The predicted molar refractivity (Wildman–Crippen MR) is 307 cm³/mol. The van der Waals surface area contributed by atoms with Gasteiger partial charge in [-0.2, -0.15) is 0 Å². The minimum absolute atomic E-state index is 0.0838. The summed E-state index contributed by atoms with van der Waals surface area (Å²) in [6, 6.07) is 0. The summed E-state index contributed by atoms with van der Waals surface area (Å²) < 4.78 is 16.9. The van der Waals surface area contributed by atoms with E-state index in [9.17, 15) is 14.4 Å². The Balaban J connectivity index is 4.40. The highest BCUT2D eigenvalue weighted by atomic mass is 16.6. The molecule has 0 N–H and O–H groups in total. The molecule has 0 amide bonds. The van der Waals surface area contributed by atoms with E-state index in [-0.39, 0.29) is 31.1 Å². The van der Waals surface area contributed by atoms with Gasteiger partial charge in [-0.05, 0) is 103 Å². The molecule has 0 aliphatic carbocycles. The first-order chi connectivity index (χ1) is 35.0. The number of esters is 3. The molecule has 0 aliphatic heterocycles. The van der Waals surface area contributed by atoms with Gasteiger partial charge in [-0.25, -0.2) is 0 Å². The van der Waals surface area contributed by atoms with Crippen LogP contribution in [0.25, 0.3) is 0 Å². The quantitative estimate of drug-likeness (QED) is 0.0199. The Morgan fingerprint density at radius 3 is 0.986 bits per heavy atom. The molecule has 1 atom stereocenters. The van der Waals surface area contributed by atoms with E-state index in [1.54, 1.807) is 0 Å². The number of allylic oxidation sites excluding steroid dienone is 12. The van der Waals surface area contributed by atoms with Crippen molar-refractivity contribution in [1.29, 1.82) is 0 Å². The zero-order chi connectivity index (χ0) is 51.4. The summed E-state index contributed by atoms with van der Waals surface area (Å²) in [5.74, 6) is -0.897. The number of hydrogen-bond acceptors (Lipinski definition) is 6. The Morgan fingerprint density at radius 1 is 0.310 bits per heavy atom. The van der Waals surface area contributed by atoms with Crippen molar-refractivity contribution in [3.8, 4) is 0 Å². The van der Waals surface area contributed by atoms with E-state index in [1.165, 1.54) is 167 Å². The smallest absolute Gasteiger partial charge is 0.306 e. The molecular weight excluding hydrogens is 877 g/mol. The van der Waals surface area contributed by atoms with Crippen molar-refractivity contribution in [1.82, 2.24) is 0 Å². The van der Waals surface area contributed by atoms with E-state index < -0.39 is 6.10 Å². The van der Waals surface area contributed by atoms with Crippen molar-refractivity contribution in [3.63, 3.8) is 0 Å². The van der Waals surface area contributed by atoms with E-state index in [1.807, 2.05) is 0 Å². The molecular formula is C65H114O6. The number of unbranched alkanes of at least 4 members (excludes halogenated alkanes) is 33. The van der Waals surface area contributed by atoms with Gasteiger partial charge in [-0.15, -0.1) is 0 Å². The van der Waals surface area contributed by atoms with Crippen LogP contribution in [0.4, 0.5) is 0 Å². The molecule has 0 fully saturated rings. The highest BCUT2D eigenvalue weighted by Crippen LogP contribution is 2.16. The number of ether oxygens (including phenoxy) is 3. The van der Waals surface area contributed by atoms with Crippen LogP contribution in [0.1, 0.15) is 303 Å². The Labute approximate surface area is 440 Å². The van der Waals surface area contributed by atoms with Crippen LogP contribution in [0, 0.1) is 0 Å². The van der Waals surface area contributed by atoms with Crippen molar-refractivity contribution in [3.05, 3.63) is 72.9 Å². The van der Waals surface area contributed by atoms with Crippen LogP contribution in [-0.2, 0) is 28.6 Å². The Hall–Kier alpha value is -3.15. The maximum Gasteiger partial charge on any atom is 0.306 e. The van der Waals surface area contributed by atoms with Crippen LogP contribution < -0.4 is 0 Å². The summed E-state index contributed by atoms with van der Waals surface area (Å²) in [5.41, 5.74) is 0. The third kappa shape index (κ3) is 57.6. The van der Waals surface area contributed by atoms with Gasteiger partial charge in [-0.3, -0.25) is 14.4 Å². The molecule has 1 unspecified atom stereocenters. The molecule has 0 heterocycles. The molecule has 410 valence electrons. The fraction of sp³-hybridized carbons (Fsp3) is 0.769. The fourth-order valence-corrected chi connectivity index (χ4v) is 8.62. The van der Waals surface area contributed by atoms with Crippen LogP contribution in [0.2, 0.25) is 0 Å². The number of carbonyl (C=O) groups excluding carboxylic acids is 3. The second kappa shape index (κ2) is 59.4. The largest absolute Gasteiger partial charge is 0.462 e. The predicted octanol–water partition coefficient (Wildman–Crippen LogP) is 20.5. The molecule has 0 aliphatic rings. The summed E-state index contributed by atoms with van der Waals surface area (Å²) >= 11 is 0. The van der Waals surface area contributed by atoms with Gasteiger partial charge in [0.15, 0.2) is 6.10 Å². The molecule has 6 heteroatoms. The lowest BCUT2D eigenvalue weighted by Crippen LogP contribution is -2.30. The minimum Gasteiger partial charge on any atom is -0.462 e. The van der Waals surface area contributed by atoms with Crippen LogP contribution in [-0.4, -0.2) is 37.2 Å². The molecule has 0 saturated heterocycles. The van der Waals surface area contributed by atoms with Gasteiger partial charge < -0.3 is 14.2 Å². The molecule has 0 aromatic heterocycles. The number of carbonyl (C=O) groups is 3. The van der Waals surface area contributed by atoms with Crippen molar-refractivity contribution in [2.75, 3.05) is 13.2 Å². The average Bonchev–Trinajstić information content (AvgIpc) is 3.37. The first kappa shape index (κ1) is 67.8. The normalized spacial score (nSPS) is 12.5. The molecule has 0 aromatic rings. The average molecular weight is 992 g/mol. The highest BCUT2D eigenvalue weighted by Gasteiger charge is 2.19. The summed E-state index contributed by atoms with van der Waals surface area (Å²) in [6.45, 7) is 6.51. The molecule has 71 heavy (non-hydrogen) atoms. The second-order valence-corrected chi connectivity index (χ2v) is 20.3. The van der Waals surface area contributed by atoms with E-state index in [0.29, 0.717) is 19.3 Å². The van der Waals surface area contributed by atoms with Gasteiger partial charge >= 0.3 is 17.9 Å². The molecule has 0 rings (SSSR count). The van der Waals surface area contributed by atoms with Gasteiger partial charge in [0.05, 0.1) is 0 Å². The second-order valence-electron chi connectivity index (χ2n) is 20.3. The summed E-state index contributed by atoms with van der Waals surface area (Å²) in [6.07, 6.45) is 76.1. The minimum atomic E-state index is -0.788. The monoisotopic (exact) mass is 991 g/mol. The van der Waals surface area contributed by atoms with Gasteiger partial charge in [0, 0.05) is 19.3 Å². The standard InChI is InChI=1S/C65H114O6/c1-4-7-10-13-16-19-22-25-28-31-33-35-37-40-43-46-49-52-55-58-64(67)70-61-62(60-69-63(66)57-54-51-48-45-42-39-36-30-27-24-21-18-15-12-9-6-3)71-65(68)59-56-53-50-47-44-41-38-34-32-29-26-23-20-17-14-11-8-5-2/h9,12,16,18-19,21-22,25,27,30,34,38,62H,4-8,10-11,13-15,17,20,23-24,26,28-29,31-33,35-37,39-61H2,1-3H3/b12-9-,19-16-,21-18-,25-22-,30-27-,38-34-. The van der Waals surface area contributed by atoms with Crippen LogP contribution >= 0.6 is 0 Å². The van der Waals surface area contributed by atoms with Crippen molar-refractivity contribution >= 4 is 17.9 Å². The topological polar surface area (TPSA) is 78.9 Å². The summed E-state index contributed by atoms with van der Waals surface area (Å²) in [5, 5.41) is 0.